The smallest absolute Gasteiger partial charge is 0.143 e. The van der Waals surface area contributed by atoms with Crippen molar-refractivity contribution in [3.8, 4) is 11.5 Å². The van der Waals surface area contributed by atoms with Gasteiger partial charge < -0.3 is 20.5 Å². The number of nitrogens with one attached hydrogen (secondary N) is 1. The van der Waals surface area contributed by atoms with Crippen molar-refractivity contribution in [3.05, 3.63) is 46.7 Å². The van der Waals surface area contributed by atoms with Gasteiger partial charge in [0, 0.05) is 24.2 Å². The van der Waals surface area contributed by atoms with Gasteiger partial charge in [-0.2, -0.15) is 0 Å². The van der Waals surface area contributed by atoms with Gasteiger partial charge in [0.1, 0.15) is 17.3 Å². The van der Waals surface area contributed by atoms with Gasteiger partial charge in [-0.1, -0.05) is 11.6 Å². The van der Waals surface area contributed by atoms with E-state index < -0.39 is 5.82 Å². The number of hydrogen-bond donors (Lipinski definition) is 2. The second-order valence-electron chi connectivity index (χ2n) is 4.38. The monoisotopic (exact) mass is 310 g/mol. The Morgan fingerprint density at radius 2 is 1.95 bits per heavy atom. The highest BCUT2D eigenvalue weighted by atomic mass is 35.5. The molecule has 2 aromatic rings. The van der Waals surface area contributed by atoms with E-state index in [0.29, 0.717) is 29.4 Å². The number of nitrogens with two attached hydrogens (primary N) is 1. The minimum absolute atomic E-state index is 0.0217. The lowest BCUT2D eigenvalue weighted by Crippen LogP contribution is -2.04. The Morgan fingerprint density at radius 3 is 2.62 bits per heavy atom. The summed E-state index contributed by atoms with van der Waals surface area (Å²) in [6, 6.07) is 8.16. The van der Waals surface area contributed by atoms with Crippen LogP contribution in [0, 0.1) is 5.82 Å². The lowest BCUT2D eigenvalue weighted by molar-refractivity contribution is 0.391. The molecular weight excluding hydrogens is 295 g/mol. The molecule has 21 heavy (non-hydrogen) atoms. The Balaban J connectivity index is 2.18. The van der Waals surface area contributed by atoms with Crippen LogP contribution >= 0.6 is 11.6 Å². The van der Waals surface area contributed by atoms with Crippen LogP contribution in [0.3, 0.4) is 0 Å². The van der Waals surface area contributed by atoms with Gasteiger partial charge in [-0.3, -0.25) is 0 Å². The van der Waals surface area contributed by atoms with Crippen molar-refractivity contribution in [3.63, 3.8) is 0 Å². The number of halogens is 2. The Bertz CT molecular complexity index is 650. The Labute approximate surface area is 127 Å². The first-order valence-corrected chi connectivity index (χ1v) is 6.62. The molecule has 0 aliphatic carbocycles. The Morgan fingerprint density at radius 1 is 1.19 bits per heavy atom. The molecule has 3 N–H and O–H groups in total. The molecule has 0 aliphatic rings. The molecule has 112 valence electrons. The maximum absolute atomic E-state index is 13.3. The standard InChI is InChI=1S/C15H16ClFN2O2/c1-20-10-4-3-9(15(5-10)21-2)8-19-14-6-11(16)12(17)7-13(14)18/h3-7,19H,8,18H2,1-2H3. The predicted molar refractivity (Wildman–Crippen MR) is 82.7 cm³/mol. The third kappa shape index (κ3) is 3.49. The van der Waals surface area contributed by atoms with E-state index in [0.717, 1.165) is 5.56 Å². The fraction of sp³-hybridized carbons (Fsp3) is 0.200. The van der Waals surface area contributed by atoms with Crippen LogP contribution in [0.5, 0.6) is 11.5 Å². The molecule has 0 aliphatic heterocycles. The maximum atomic E-state index is 13.3. The zero-order valence-electron chi connectivity index (χ0n) is 11.7. The molecule has 0 fully saturated rings. The number of anilines is 2. The SMILES string of the molecule is COc1ccc(CNc2cc(Cl)c(F)cc2N)c(OC)c1. The van der Waals surface area contributed by atoms with Crippen LogP contribution in [0.1, 0.15) is 5.56 Å². The largest absolute Gasteiger partial charge is 0.497 e. The minimum atomic E-state index is -0.540. The van der Waals surface area contributed by atoms with Gasteiger partial charge in [-0.05, 0) is 18.2 Å². The zero-order valence-corrected chi connectivity index (χ0v) is 12.5. The lowest BCUT2D eigenvalue weighted by Gasteiger charge is -2.13. The molecule has 0 heterocycles. The van der Waals surface area contributed by atoms with E-state index in [9.17, 15) is 4.39 Å². The van der Waals surface area contributed by atoms with Gasteiger partial charge in [-0.25, -0.2) is 4.39 Å². The average molecular weight is 311 g/mol. The molecule has 2 rings (SSSR count). The van der Waals surface area contributed by atoms with Gasteiger partial charge >= 0.3 is 0 Å². The van der Waals surface area contributed by atoms with Crippen LogP contribution in [0.15, 0.2) is 30.3 Å². The Hall–Kier alpha value is -2.14. The number of rotatable bonds is 5. The average Bonchev–Trinajstić information content (AvgIpc) is 2.49. The maximum Gasteiger partial charge on any atom is 0.143 e. The first-order chi connectivity index (χ1) is 10.0. The molecule has 0 radical (unpaired) electrons. The fourth-order valence-corrected chi connectivity index (χ4v) is 2.07. The number of nitrogen functional groups attached to an aromatic ring is 1. The summed E-state index contributed by atoms with van der Waals surface area (Å²) in [5, 5.41) is 3.13. The highest BCUT2D eigenvalue weighted by Gasteiger charge is 2.08. The van der Waals surface area contributed by atoms with Crippen molar-refractivity contribution in [2.75, 3.05) is 25.3 Å². The van der Waals surface area contributed by atoms with Crippen molar-refractivity contribution in [1.82, 2.24) is 0 Å². The third-order valence-electron chi connectivity index (χ3n) is 3.06. The second kappa shape index (κ2) is 6.54. The van der Waals surface area contributed by atoms with Crippen molar-refractivity contribution in [1.29, 1.82) is 0 Å². The molecule has 0 bridgehead atoms. The van der Waals surface area contributed by atoms with E-state index in [4.69, 9.17) is 26.8 Å². The summed E-state index contributed by atoms with van der Waals surface area (Å²) in [5.74, 6) is 0.857. The highest BCUT2D eigenvalue weighted by molar-refractivity contribution is 6.31. The number of ether oxygens (including phenoxy) is 2. The van der Waals surface area contributed by atoms with Crippen LogP contribution in [0.2, 0.25) is 5.02 Å². The van der Waals surface area contributed by atoms with Gasteiger partial charge in [-0.15, -0.1) is 0 Å². The summed E-state index contributed by atoms with van der Waals surface area (Å²) in [7, 11) is 3.18. The highest BCUT2D eigenvalue weighted by Crippen LogP contribution is 2.29. The van der Waals surface area contributed by atoms with Crippen molar-refractivity contribution < 1.29 is 13.9 Å². The van der Waals surface area contributed by atoms with Crippen LogP contribution < -0.4 is 20.5 Å². The van der Waals surface area contributed by atoms with E-state index >= 15 is 0 Å². The van der Waals surface area contributed by atoms with E-state index in [1.807, 2.05) is 12.1 Å². The molecule has 0 atom stereocenters. The topological polar surface area (TPSA) is 56.5 Å². The van der Waals surface area contributed by atoms with E-state index in [1.54, 1.807) is 20.3 Å². The summed E-state index contributed by atoms with van der Waals surface area (Å²) < 4.78 is 23.7. The van der Waals surface area contributed by atoms with E-state index in [1.165, 1.54) is 12.1 Å². The number of hydrogen-bond acceptors (Lipinski definition) is 4. The van der Waals surface area contributed by atoms with Crippen LogP contribution in [-0.4, -0.2) is 14.2 Å². The number of methoxy groups -OCH3 is 2. The summed E-state index contributed by atoms with van der Waals surface area (Å²) in [4.78, 5) is 0. The molecule has 0 saturated carbocycles. The Kier molecular flexibility index (Phi) is 4.75. The van der Waals surface area contributed by atoms with Crippen molar-refractivity contribution in [2.24, 2.45) is 0 Å². The first-order valence-electron chi connectivity index (χ1n) is 6.24. The fourth-order valence-electron chi connectivity index (χ4n) is 1.90. The second-order valence-corrected chi connectivity index (χ2v) is 4.79. The first kappa shape index (κ1) is 15.3. The molecule has 0 saturated heterocycles. The third-order valence-corrected chi connectivity index (χ3v) is 3.35. The summed E-state index contributed by atoms with van der Waals surface area (Å²) in [6.07, 6.45) is 0. The normalized spacial score (nSPS) is 10.3. The van der Waals surface area contributed by atoms with Gasteiger partial charge in [0.2, 0.25) is 0 Å². The summed E-state index contributed by atoms with van der Waals surface area (Å²) >= 11 is 5.75. The molecule has 6 heteroatoms. The quantitative estimate of drug-likeness (QED) is 0.827. The molecule has 0 amide bonds. The van der Waals surface area contributed by atoms with E-state index in [-0.39, 0.29) is 5.02 Å². The molecule has 0 aromatic heterocycles. The minimum Gasteiger partial charge on any atom is -0.497 e. The van der Waals surface area contributed by atoms with Crippen molar-refractivity contribution >= 4 is 23.0 Å². The molecule has 0 unspecified atom stereocenters. The summed E-state index contributed by atoms with van der Waals surface area (Å²) in [6.45, 7) is 0.458. The molecule has 0 spiro atoms. The number of benzene rings is 2. The molecule has 4 nitrogen and oxygen atoms in total. The van der Waals surface area contributed by atoms with Crippen LogP contribution in [0.4, 0.5) is 15.8 Å². The lowest BCUT2D eigenvalue weighted by atomic mass is 10.1. The summed E-state index contributed by atoms with van der Waals surface area (Å²) in [5.41, 5.74) is 7.54. The van der Waals surface area contributed by atoms with Crippen LogP contribution in [0.25, 0.3) is 0 Å². The van der Waals surface area contributed by atoms with E-state index in [2.05, 4.69) is 5.32 Å². The van der Waals surface area contributed by atoms with Crippen LogP contribution in [-0.2, 0) is 6.54 Å². The van der Waals surface area contributed by atoms with Crippen molar-refractivity contribution in [2.45, 2.75) is 6.54 Å². The van der Waals surface area contributed by atoms with Gasteiger partial charge in [0.15, 0.2) is 0 Å². The van der Waals surface area contributed by atoms with Gasteiger partial charge in [0.25, 0.3) is 0 Å². The predicted octanol–water partition coefficient (Wildman–Crippen LogP) is 3.69. The molecular formula is C15H16ClFN2O2. The zero-order chi connectivity index (χ0) is 15.4. The van der Waals surface area contributed by atoms with Gasteiger partial charge in [0.05, 0.1) is 30.6 Å². The molecule has 2 aromatic carbocycles.